The molecule has 1 aliphatic heterocycles. The maximum Gasteiger partial charge on any atom is 0.300 e. The molecule has 0 bridgehead atoms. The Hall–Kier alpha value is -3.55. The van der Waals surface area contributed by atoms with Gasteiger partial charge in [-0.25, -0.2) is 23.4 Å². The molecule has 35 heavy (non-hydrogen) atoms. The van der Waals surface area contributed by atoms with Crippen molar-refractivity contribution in [3.63, 3.8) is 0 Å². The third-order valence-electron chi connectivity index (χ3n) is 5.30. The maximum absolute atomic E-state index is 13.0. The van der Waals surface area contributed by atoms with Crippen molar-refractivity contribution < 1.29 is 22.6 Å². The Kier molecular flexibility index (Phi) is 5.91. The number of hydrogen-bond acceptors (Lipinski definition) is 10. The Balaban J connectivity index is 1.53. The third-order valence-corrected chi connectivity index (χ3v) is 8.35. The summed E-state index contributed by atoms with van der Waals surface area (Å²) in [4.78, 5) is 25.7. The summed E-state index contributed by atoms with van der Waals surface area (Å²) in [7, 11) is -2.52. The van der Waals surface area contributed by atoms with Gasteiger partial charge in [-0.3, -0.25) is 13.9 Å². The Labute approximate surface area is 204 Å². The van der Waals surface area contributed by atoms with E-state index in [0.29, 0.717) is 40.7 Å². The predicted molar refractivity (Wildman–Crippen MR) is 129 cm³/mol. The van der Waals surface area contributed by atoms with E-state index in [4.69, 9.17) is 14.2 Å². The van der Waals surface area contributed by atoms with E-state index in [-0.39, 0.29) is 33.2 Å². The zero-order valence-corrected chi connectivity index (χ0v) is 20.6. The lowest BCUT2D eigenvalue weighted by Gasteiger charge is -2.26. The van der Waals surface area contributed by atoms with E-state index in [1.165, 1.54) is 23.9 Å². The van der Waals surface area contributed by atoms with Gasteiger partial charge in [-0.1, -0.05) is 0 Å². The first kappa shape index (κ1) is 23.2. The fourth-order valence-corrected chi connectivity index (χ4v) is 6.10. The normalized spacial score (nSPS) is 14.0. The molecule has 1 N–H and O–H groups in total. The van der Waals surface area contributed by atoms with Gasteiger partial charge in [0.25, 0.3) is 15.6 Å². The van der Waals surface area contributed by atoms with Gasteiger partial charge in [-0.15, -0.1) is 11.3 Å². The number of fused-ring (bicyclic) bond motifs is 1. The largest absolute Gasteiger partial charge is 0.480 e. The summed E-state index contributed by atoms with van der Waals surface area (Å²) < 4.78 is 46.1. The summed E-state index contributed by atoms with van der Waals surface area (Å²) in [5.41, 5.74) is 1.83. The van der Waals surface area contributed by atoms with Gasteiger partial charge in [0.05, 0.1) is 37.2 Å². The number of rotatable bonds is 7. The van der Waals surface area contributed by atoms with Crippen LogP contribution in [0.3, 0.4) is 0 Å². The number of nitrogens with one attached hydrogen (secondary N) is 1. The SMILES string of the molecule is COc1ncc(-c2ccc3ncc(OC4COC4)c(=O)n3c2)cc1NS(=O)(=O)c1sc(C)nc1C. The molecule has 0 aromatic carbocycles. The summed E-state index contributed by atoms with van der Waals surface area (Å²) >= 11 is 1.08. The molecule has 0 radical (unpaired) electrons. The van der Waals surface area contributed by atoms with Crippen LogP contribution in [-0.4, -0.2) is 54.2 Å². The molecule has 5 heterocycles. The van der Waals surface area contributed by atoms with Crippen LogP contribution in [0.25, 0.3) is 16.8 Å². The van der Waals surface area contributed by atoms with Crippen LogP contribution in [0.1, 0.15) is 10.7 Å². The van der Waals surface area contributed by atoms with Gasteiger partial charge in [0.1, 0.15) is 17.4 Å². The second-order valence-corrected chi connectivity index (χ2v) is 10.9. The van der Waals surface area contributed by atoms with Gasteiger partial charge >= 0.3 is 0 Å². The molecule has 1 aliphatic rings. The number of anilines is 1. The molecule has 4 aromatic heterocycles. The lowest BCUT2D eigenvalue weighted by molar-refractivity contribution is -0.0803. The molecule has 1 saturated heterocycles. The Bertz CT molecular complexity index is 1590. The van der Waals surface area contributed by atoms with Crippen molar-refractivity contribution in [1.29, 1.82) is 0 Å². The molecule has 0 atom stereocenters. The van der Waals surface area contributed by atoms with Gasteiger partial charge in [0, 0.05) is 23.5 Å². The molecule has 13 heteroatoms. The van der Waals surface area contributed by atoms with E-state index in [0.717, 1.165) is 11.3 Å². The highest BCUT2D eigenvalue weighted by molar-refractivity contribution is 7.94. The summed E-state index contributed by atoms with van der Waals surface area (Å²) in [5, 5.41) is 0.644. The topological polar surface area (TPSA) is 134 Å². The van der Waals surface area contributed by atoms with Crippen LogP contribution in [0.4, 0.5) is 5.69 Å². The molecule has 0 aliphatic carbocycles. The number of ether oxygens (including phenoxy) is 3. The van der Waals surface area contributed by atoms with E-state index in [2.05, 4.69) is 19.7 Å². The number of aryl methyl sites for hydroxylation is 2. The summed E-state index contributed by atoms with van der Waals surface area (Å²) in [6.45, 7) is 4.24. The minimum absolute atomic E-state index is 0.106. The number of sulfonamides is 1. The Morgan fingerprint density at radius 2 is 1.97 bits per heavy atom. The summed E-state index contributed by atoms with van der Waals surface area (Å²) in [6.07, 6.45) is 4.37. The fraction of sp³-hybridized carbons (Fsp3) is 0.273. The molecule has 0 unspecified atom stereocenters. The first-order valence-corrected chi connectivity index (χ1v) is 12.8. The van der Waals surface area contributed by atoms with E-state index >= 15 is 0 Å². The van der Waals surface area contributed by atoms with Crippen molar-refractivity contribution >= 4 is 32.7 Å². The standard InChI is InChI=1S/C22H21N5O6S2/c1-12-22(34-13(2)25-12)35(29,30)26-17-6-15(7-24-20(17)31-3)14-4-5-19-23-8-18(21(28)27(19)9-14)33-16-10-32-11-16/h4-9,16,26H,10-11H2,1-3H3. The zero-order chi connectivity index (χ0) is 24.7. The number of methoxy groups -OCH3 is 1. The molecule has 11 nitrogen and oxygen atoms in total. The Morgan fingerprint density at radius 3 is 2.63 bits per heavy atom. The number of nitrogens with zero attached hydrogens (tertiary/aromatic N) is 4. The second-order valence-electron chi connectivity index (χ2n) is 7.84. The first-order chi connectivity index (χ1) is 16.7. The number of aromatic nitrogens is 4. The first-order valence-electron chi connectivity index (χ1n) is 10.5. The van der Waals surface area contributed by atoms with Gasteiger partial charge in [-0.2, -0.15) is 0 Å². The molecular formula is C22H21N5O6S2. The van der Waals surface area contributed by atoms with Crippen molar-refractivity contribution in [2.24, 2.45) is 0 Å². The third kappa shape index (κ3) is 4.45. The van der Waals surface area contributed by atoms with Gasteiger partial charge < -0.3 is 14.2 Å². The van der Waals surface area contributed by atoms with E-state index in [1.54, 1.807) is 38.2 Å². The minimum Gasteiger partial charge on any atom is -0.480 e. The van der Waals surface area contributed by atoms with E-state index in [1.807, 2.05) is 0 Å². The maximum atomic E-state index is 13.0. The van der Waals surface area contributed by atoms with Crippen molar-refractivity contribution in [3.8, 4) is 22.8 Å². The summed E-state index contributed by atoms with van der Waals surface area (Å²) in [6, 6.07) is 5.04. The Morgan fingerprint density at radius 1 is 1.17 bits per heavy atom. The van der Waals surface area contributed by atoms with Gasteiger partial charge in [-0.05, 0) is 32.0 Å². The van der Waals surface area contributed by atoms with Crippen LogP contribution in [0.15, 0.2) is 45.8 Å². The lowest BCUT2D eigenvalue weighted by atomic mass is 10.1. The predicted octanol–water partition coefficient (Wildman–Crippen LogP) is 2.42. The van der Waals surface area contributed by atoms with Crippen molar-refractivity contribution in [2.75, 3.05) is 25.0 Å². The molecule has 0 spiro atoms. The highest BCUT2D eigenvalue weighted by atomic mass is 32.2. The fourth-order valence-electron chi connectivity index (χ4n) is 3.57. The molecule has 0 saturated carbocycles. The summed E-state index contributed by atoms with van der Waals surface area (Å²) in [5.74, 6) is 0.235. The minimum atomic E-state index is -3.92. The van der Waals surface area contributed by atoms with Crippen LogP contribution in [0.5, 0.6) is 11.6 Å². The van der Waals surface area contributed by atoms with E-state index < -0.39 is 10.0 Å². The molecule has 0 amide bonds. The van der Waals surface area contributed by atoms with E-state index in [9.17, 15) is 13.2 Å². The molecular weight excluding hydrogens is 494 g/mol. The number of thiazole rings is 1. The molecule has 4 aromatic rings. The van der Waals surface area contributed by atoms with Crippen LogP contribution in [0.2, 0.25) is 0 Å². The van der Waals surface area contributed by atoms with Crippen molar-refractivity contribution in [2.45, 2.75) is 24.2 Å². The smallest absolute Gasteiger partial charge is 0.300 e. The average molecular weight is 516 g/mol. The van der Waals surface area contributed by atoms with Crippen LogP contribution in [-0.2, 0) is 14.8 Å². The molecule has 1 fully saturated rings. The van der Waals surface area contributed by atoms with Crippen LogP contribution >= 0.6 is 11.3 Å². The quantitative estimate of drug-likeness (QED) is 0.394. The van der Waals surface area contributed by atoms with Crippen LogP contribution in [0, 0.1) is 13.8 Å². The number of hydrogen-bond donors (Lipinski definition) is 1. The second kappa shape index (κ2) is 8.91. The lowest BCUT2D eigenvalue weighted by Crippen LogP contribution is -2.40. The van der Waals surface area contributed by atoms with Crippen molar-refractivity contribution in [3.05, 3.63) is 57.8 Å². The van der Waals surface area contributed by atoms with Gasteiger partial charge in [0.2, 0.25) is 11.6 Å². The van der Waals surface area contributed by atoms with Crippen LogP contribution < -0.4 is 19.8 Å². The monoisotopic (exact) mass is 515 g/mol. The average Bonchev–Trinajstić information content (AvgIpc) is 3.16. The van der Waals surface area contributed by atoms with Crippen molar-refractivity contribution in [1.82, 2.24) is 19.4 Å². The molecule has 5 rings (SSSR count). The highest BCUT2D eigenvalue weighted by Gasteiger charge is 2.24. The zero-order valence-electron chi connectivity index (χ0n) is 19.0. The number of pyridine rings is 2. The highest BCUT2D eigenvalue weighted by Crippen LogP contribution is 2.32. The molecule has 182 valence electrons. The van der Waals surface area contributed by atoms with Gasteiger partial charge in [0.15, 0.2) is 4.21 Å².